The van der Waals surface area contributed by atoms with E-state index in [4.69, 9.17) is 4.74 Å². The second-order valence-corrected chi connectivity index (χ2v) is 7.60. The molecule has 1 atom stereocenters. The number of halogens is 1. The first-order chi connectivity index (χ1) is 12.2. The number of thioether (sulfide) groups is 1. The van der Waals surface area contributed by atoms with Crippen molar-refractivity contribution < 1.29 is 9.13 Å². The Hall–Kier alpha value is -1.66. The van der Waals surface area contributed by atoms with Crippen molar-refractivity contribution in [1.82, 2.24) is 9.55 Å². The second-order valence-electron chi connectivity index (χ2n) is 6.64. The molecule has 25 heavy (non-hydrogen) atoms. The molecule has 2 aliphatic rings. The molecule has 0 saturated carbocycles. The maximum absolute atomic E-state index is 13.0. The Balaban J connectivity index is 1.56. The van der Waals surface area contributed by atoms with E-state index in [1.165, 1.54) is 17.7 Å². The van der Waals surface area contributed by atoms with Crippen LogP contribution in [0, 0.1) is 5.82 Å². The highest BCUT2D eigenvalue weighted by Gasteiger charge is 2.25. The number of fused-ring (bicyclic) bond motifs is 1. The highest BCUT2D eigenvalue weighted by atomic mass is 32.2. The zero-order valence-electron chi connectivity index (χ0n) is 14.0. The van der Waals surface area contributed by atoms with Crippen LogP contribution in [0.3, 0.4) is 0 Å². The van der Waals surface area contributed by atoms with Gasteiger partial charge in [-0.15, -0.1) is 11.8 Å². The normalized spacial score (nSPS) is 19.3. The summed E-state index contributed by atoms with van der Waals surface area (Å²) in [6, 6.07) is 6.49. The minimum atomic E-state index is -0.232. The van der Waals surface area contributed by atoms with E-state index in [9.17, 15) is 9.18 Å². The van der Waals surface area contributed by atoms with Gasteiger partial charge in [-0.2, -0.15) is 4.98 Å². The molecule has 1 aliphatic heterocycles. The van der Waals surface area contributed by atoms with E-state index in [2.05, 4.69) is 4.98 Å². The van der Waals surface area contributed by atoms with Crippen LogP contribution >= 0.6 is 11.8 Å². The molecule has 2 heterocycles. The highest BCUT2D eigenvalue weighted by Crippen LogP contribution is 2.31. The molecule has 4 rings (SSSR count). The zero-order chi connectivity index (χ0) is 17.2. The predicted molar refractivity (Wildman–Crippen MR) is 95.5 cm³/mol. The fourth-order valence-electron chi connectivity index (χ4n) is 3.62. The molecule has 1 fully saturated rings. The Kier molecular flexibility index (Phi) is 4.90. The van der Waals surface area contributed by atoms with Gasteiger partial charge in [0.05, 0.1) is 12.6 Å². The van der Waals surface area contributed by atoms with Crippen molar-refractivity contribution in [3.63, 3.8) is 0 Å². The van der Waals surface area contributed by atoms with Crippen molar-refractivity contribution in [2.45, 2.75) is 55.5 Å². The predicted octanol–water partition coefficient (Wildman–Crippen LogP) is 3.34. The maximum Gasteiger partial charge on any atom is 0.348 e. The van der Waals surface area contributed by atoms with Gasteiger partial charge in [0, 0.05) is 23.6 Å². The quantitative estimate of drug-likeness (QED) is 0.606. The van der Waals surface area contributed by atoms with Crippen LogP contribution < -0.4 is 5.69 Å². The number of aromatic nitrogens is 2. The number of rotatable bonds is 5. The lowest BCUT2D eigenvalue weighted by Gasteiger charge is -2.17. The molecule has 6 heteroatoms. The van der Waals surface area contributed by atoms with Crippen molar-refractivity contribution in [2.24, 2.45) is 0 Å². The van der Waals surface area contributed by atoms with Gasteiger partial charge in [0.2, 0.25) is 0 Å². The largest absolute Gasteiger partial charge is 0.376 e. The SMILES string of the molecule is O=c1nc(SCc2ccc(F)cc2)c2c(n1CC1CCCO1)CCC2. The summed E-state index contributed by atoms with van der Waals surface area (Å²) in [5.74, 6) is 0.457. The molecule has 0 spiro atoms. The average molecular weight is 360 g/mol. The van der Waals surface area contributed by atoms with Crippen LogP contribution in [0.15, 0.2) is 34.1 Å². The first-order valence-corrected chi connectivity index (χ1v) is 9.81. The van der Waals surface area contributed by atoms with E-state index < -0.39 is 0 Å². The molecule has 132 valence electrons. The minimum absolute atomic E-state index is 0.141. The Labute approximate surface area is 150 Å². The van der Waals surface area contributed by atoms with Gasteiger partial charge in [0.15, 0.2) is 0 Å². The average Bonchev–Trinajstić information content (AvgIpc) is 3.29. The van der Waals surface area contributed by atoms with Gasteiger partial charge in [-0.25, -0.2) is 9.18 Å². The molecule has 2 aromatic rings. The van der Waals surface area contributed by atoms with Crippen LogP contribution in [0.4, 0.5) is 4.39 Å². The fraction of sp³-hybridized carbons (Fsp3) is 0.474. The second kappa shape index (κ2) is 7.30. The highest BCUT2D eigenvalue weighted by molar-refractivity contribution is 7.98. The minimum Gasteiger partial charge on any atom is -0.376 e. The Bertz CT molecular complexity index is 813. The van der Waals surface area contributed by atoms with E-state index in [1.807, 2.05) is 4.57 Å². The van der Waals surface area contributed by atoms with Gasteiger partial charge in [0.1, 0.15) is 10.8 Å². The maximum atomic E-state index is 13.0. The summed E-state index contributed by atoms with van der Waals surface area (Å²) in [4.78, 5) is 16.9. The number of nitrogens with zero attached hydrogens (tertiary/aromatic N) is 2. The molecule has 1 aromatic heterocycles. The number of ether oxygens (including phenoxy) is 1. The molecule has 0 radical (unpaired) electrons. The van der Waals surface area contributed by atoms with Crippen molar-refractivity contribution in [2.75, 3.05) is 6.61 Å². The summed E-state index contributed by atoms with van der Waals surface area (Å²) >= 11 is 1.57. The van der Waals surface area contributed by atoms with E-state index in [0.29, 0.717) is 12.3 Å². The van der Waals surface area contributed by atoms with E-state index in [0.717, 1.165) is 55.0 Å². The number of benzene rings is 1. The Morgan fingerprint density at radius 3 is 2.84 bits per heavy atom. The smallest absolute Gasteiger partial charge is 0.348 e. The fourth-order valence-corrected chi connectivity index (χ4v) is 4.65. The number of hydrogen-bond acceptors (Lipinski definition) is 4. The van der Waals surface area contributed by atoms with Crippen LogP contribution in [0.2, 0.25) is 0 Å². The summed E-state index contributed by atoms with van der Waals surface area (Å²) in [5.41, 5.74) is 3.21. The van der Waals surface area contributed by atoms with Gasteiger partial charge in [-0.1, -0.05) is 12.1 Å². The lowest BCUT2D eigenvalue weighted by Crippen LogP contribution is -2.31. The molecule has 1 unspecified atom stereocenters. The molecular formula is C19H21FN2O2S. The molecule has 1 aliphatic carbocycles. The topological polar surface area (TPSA) is 44.1 Å². The van der Waals surface area contributed by atoms with Gasteiger partial charge in [0.25, 0.3) is 0 Å². The third kappa shape index (κ3) is 3.65. The van der Waals surface area contributed by atoms with Crippen LogP contribution in [0.1, 0.15) is 36.1 Å². The molecule has 0 N–H and O–H groups in total. The van der Waals surface area contributed by atoms with Crippen molar-refractivity contribution >= 4 is 11.8 Å². The first-order valence-electron chi connectivity index (χ1n) is 8.82. The third-order valence-electron chi connectivity index (χ3n) is 4.90. The number of hydrogen-bond donors (Lipinski definition) is 0. The molecule has 1 saturated heterocycles. The molecular weight excluding hydrogens is 339 g/mol. The van der Waals surface area contributed by atoms with Crippen molar-refractivity contribution in [3.05, 3.63) is 57.4 Å². The summed E-state index contributed by atoms with van der Waals surface area (Å²) < 4.78 is 20.5. The van der Waals surface area contributed by atoms with E-state index in [1.54, 1.807) is 23.9 Å². The van der Waals surface area contributed by atoms with Gasteiger partial charge in [-0.05, 0) is 49.8 Å². The Morgan fingerprint density at radius 2 is 2.08 bits per heavy atom. The van der Waals surface area contributed by atoms with Crippen LogP contribution in [-0.2, 0) is 29.9 Å². The monoisotopic (exact) mass is 360 g/mol. The summed E-state index contributed by atoms with van der Waals surface area (Å²) in [6.07, 6.45) is 5.20. The van der Waals surface area contributed by atoms with Gasteiger partial charge >= 0.3 is 5.69 Å². The van der Waals surface area contributed by atoms with Crippen molar-refractivity contribution in [1.29, 1.82) is 0 Å². The standard InChI is InChI=1S/C19H21FN2O2S/c20-14-8-6-13(7-9-14)12-25-18-16-4-1-5-17(16)22(19(23)21-18)11-15-3-2-10-24-15/h6-9,15H,1-5,10-12H2. The summed E-state index contributed by atoms with van der Waals surface area (Å²) in [5, 5.41) is 0.838. The first kappa shape index (κ1) is 16.8. The Morgan fingerprint density at radius 1 is 1.24 bits per heavy atom. The molecule has 4 nitrogen and oxygen atoms in total. The lowest BCUT2D eigenvalue weighted by molar-refractivity contribution is 0.0950. The summed E-state index contributed by atoms with van der Waals surface area (Å²) in [7, 11) is 0. The van der Waals surface area contributed by atoms with E-state index in [-0.39, 0.29) is 17.6 Å². The van der Waals surface area contributed by atoms with E-state index >= 15 is 0 Å². The van der Waals surface area contributed by atoms with Crippen molar-refractivity contribution in [3.8, 4) is 0 Å². The van der Waals surface area contributed by atoms with Crippen LogP contribution in [-0.4, -0.2) is 22.3 Å². The van der Waals surface area contributed by atoms with Gasteiger partial charge < -0.3 is 4.74 Å². The zero-order valence-corrected chi connectivity index (χ0v) is 14.9. The third-order valence-corrected chi connectivity index (χ3v) is 5.99. The molecule has 0 bridgehead atoms. The lowest BCUT2D eigenvalue weighted by atomic mass is 10.2. The van der Waals surface area contributed by atoms with Crippen LogP contribution in [0.5, 0.6) is 0 Å². The summed E-state index contributed by atoms with van der Waals surface area (Å²) in [6.45, 7) is 1.41. The molecule has 0 amide bonds. The van der Waals surface area contributed by atoms with Gasteiger partial charge in [-0.3, -0.25) is 4.57 Å². The molecule has 1 aromatic carbocycles. The van der Waals surface area contributed by atoms with Crippen LogP contribution in [0.25, 0.3) is 0 Å².